The quantitative estimate of drug-likeness (QED) is 0.663. The molecular formula is C24H29F2N3O2. The summed E-state index contributed by atoms with van der Waals surface area (Å²) in [5, 5.41) is 11.9. The minimum absolute atomic E-state index is 0.0835. The van der Waals surface area contributed by atoms with Crippen LogP contribution in [0.4, 0.5) is 13.6 Å². The van der Waals surface area contributed by atoms with Crippen LogP contribution < -0.4 is 5.32 Å². The Morgan fingerprint density at radius 2 is 1.87 bits per heavy atom. The summed E-state index contributed by atoms with van der Waals surface area (Å²) >= 11 is 0. The van der Waals surface area contributed by atoms with E-state index in [0.717, 1.165) is 25.7 Å². The van der Waals surface area contributed by atoms with Gasteiger partial charge in [-0.3, -0.25) is 4.79 Å². The van der Waals surface area contributed by atoms with Crippen LogP contribution in [0.2, 0.25) is 0 Å². The van der Waals surface area contributed by atoms with Gasteiger partial charge in [-0.2, -0.15) is 5.26 Å². The van der Waals surface area contributed by atoms with Crippen molar-refractivity contribution in [1.82, 2.24) is 10.2 Å². The van der Waals surface area contributed by atoms with Crippen LogP contribution in [0.1, 0.15) is 56.9 Å². The van der Waals surface area contributed by atoms with Gasteiger partial charge in [-0.15, -0.1) is 0 Å². The lowest BCUT2D eigenvalue weighted by Gasteiger charge is -2.34. The average molecular weight is 430 g/mol. The fourth-order valence-corrected chi connectivity index (χ4v) is 4.65. The number of rotatable bonds is 8. The number of halogens is 2. The van der Waals surface area contributed by atoms with Gasteiger partial charge < -0.3 is 10.2 Å². The molecule has 0 bridgehead atoms. The van der Waals surface area contributed by atoms with Gasteiger partial charge in [-0.05, 0) is 49.5 Å². The summed E-state index contributed by atoms with van der Waals surface area (Å²) in [5.74, 6) is -3.63. The Morgan fingerprint density at radius 1 is 1.16 bits per heavy atom. The van der Waals surface area contributed by atoms with E-state index in [0.29, 0.717) is 31.5 Å². The van der Waals surface area contributed by atoms with E-state index in [1.165, 1.54) is 0 Å². The fraction of sp³-hybridized carbons (Fsp3) is 0.625. The number of nitrogens with zero attached hydrogens (tertiary/aromatic N) is 2. The zero-order chi connectivity index (χ0) is 22.1. The predicted octanol–water partition coefficient (Wildman–Crippen LogP) is 4.47. The second kappa shape index (κ2) is 8.22. The number of hydrogen-bond acceptors (Lipinski definition) is 3. The fourth-order valence-electron chi connectivity index (χ4n) is 4.65. The summed E-state index contributed by atoms with van der Waals surface area (Å²) in [7, 11) is 0. The van der Waals surface area contributed by atoms with E-state index in [1.54, 1.807) is 35.2 Å². The number of amides is 2. The second-order valence-electron chi connectivity index (χ2n) is 9.78. The summed E-state index contributed by atoms with van der Waals surface area (Å²) in [5.41, 5.74) is -0.0594. The van der Waals surface area contributed by atoms with Crippen molar-refractivity contribution >= 4 is 11.8 Å². The van der Waals surface area contributed by atoms with E-state index >= 15 is 0 Å². The zero-order valence-electron chi connectivity index (χ0n) is 17.7. The summed E-state index contributed by atoms with van der Waals surface area (Å²) < 4.78 is 29.8. The third-order valence-corrected chi connectivity index (χ3v) is 7.00. The number of hydrogen-bond donors (Lipinski definition) is 1. The summed E-state index contributed by atoms with van der Waals surface area (Å²) in [4.78, 5) is 27.5. The standard InChI is InChI=1S/C24H29F2N3O2/c25-24(26,13-18-5-2-1-3-6-18)14-19(20(30)15-23(16-27)10-11-23)28-21(31)29-12-4-7-22(17-29)8-9-22/h1-3,5-6,19H,4,7-15,17H2,(H,28,31)/t19-/m0/s1. The Hall–Kier alpha value is -2.49. The molecule has 2 aliphatic carbocycles. The van der Waals surface area contributed by atoms with Gasteiger partial charge in [0.15, 0.2) is 5.78 Å². The van der Waals surface area contributed by atoms with Crippen LogP contribution in [0.5, 0.6) is 0 Å². The number of carbonyl (C=O) groups excluding carboxylic acids is 2. The molecule has 0 radical (unpaired) electrons. The van der Waals surface area contributed by atoms with Gasteiger partial charge in [0.1, 0.15) is 0 Å². The van der Waals surface area contributed by atoms with Gasteiger partial charge in [-0.1, -0.05) is 30.3 Å². The molecule has 1 aliphatic heterocycles. The molecule has 1 N–H and O–H groups in total. The molecule has 4 rings (SSSR count). The predicted molar refractivity (Wildman–Crippen MR) is 111 cm³/mol. The van der Waals surface area contributed by atoms with Crippen LogP contribution in [0.25, 0.3) is 0 Å². The van der Waals surface area contributed by atoms with Crippen molar-refractivity contribution in [3.8, 4) is 6.07 Å². The topological polar surface area (TPSA) is 73.2 Å². The molecular weight excluding hydrogens is 400 g/mol. The minimum atomic E-state index is -3.15. The number of benzene rings is 1. The normalized spacial score (nSPS) is 21.8. The third-order valence-electron chi connectivity index (χ3n) is 7.00. The van der Waals surface area contributed by atoms with Crippen molar-refractivity contribution in [2.24, 2.45) is 10.8 Å². The molecule has 1 heterocycles. The lowest BCUT2D eigenvalue weighted by Crippen LogP contribution is -2.52. The number of piperidine rings is 1. The number of urea groups is 1. The average Bonchev–Trinajstić information content (AvgIpc) is 3.66. The highest BCUT2D eigenvalue weighted by Gasteiger charge is 2.49. The highest BCUT2D eigenvalue weighted by Crippen LogP contribution is 2.52. The molecule has 1 atom stereocenters. The van der Waals surface area contributed by atoms with Crippen molar-refractivity contribution in [3.05, 3.63) is 35.9 Å². The molecule has 1 aromatic rings. The molecule has 0 aromatic heterocycles. The van der Waals surface area contributed by atoms with Gasteiger partial charge >= 0.3 is 6.03 Å². The number of carbonyl (C=O) groups is 2. The molecule has 1 spiro atoms. The number of Topliss-reactive ketones (excluding diaryl/α,β-unsaturated/α-hetero) is 1. The first-order chi connectivity index (χ1) is 14.7. The van der Waals surface area contributed by atoms with Crippen molar-refractivity contribution in [1.29, 1.82) is 5.26 Å². The van der Waals surface area contributed by atoms with E-state index in [-0.39, 0.29) is 11.8 Å². The number of alkyl halides is 2. The van der Waals surface area contributed by atoms with Gasteiger partial charge in [0.05, 0.1) is 17.5 Å². The smallest absolute Gasteiger partial charge is 0.318 e. The molecule has 3 aliphatic rings. The largest absolute Gasteiger partial charge is 0.328 e. The summed E-state index contributed by atoms with van der Waals surface area (Å²) in [6.07, 6.45) is 4.05. The Morgan fingerprint density at radius 3 is 2.48 bits per heavy atom. The number of likely N-dealkylation sites (tertiary alicyclic amines) is 1. The molecule has 7 heteroatoms. The van der Waals surface area contributed by atoms with Crippen LogP contribution >= 0.6 is 0 Å². The number of nitriles is 1. The highest BCUT2D eigenvalue weighted by atomic mass is 19.3. The minimum Gasteiger partial charge on any atom is -0.328 e. The van der Waals surface area contributed by atoms with Crippen molar-refractivity contribution < 1.29 is 18.4 Å². The van der Waals surface area contributed by atoms with Gasteiger partial charge in [0.25, 0.3) is 5.92 Å². The third kappa shape index (κ3) is 5.41. The Kier molecular flexibility index (Phi) is 5.76. The molecule has 5 nitrogen and oxygen atoms in total. The maximum absolute atomic E-state index is 14.9. The highest BCUT2D eigenvalue weighted by molar-refractivity contribution is 5.89. The van der Waals surface area contributed by atoms with Crippen molar-refractivity contribution in [3.63, 3.8) is 0 Å². The van der Waals surface area contributed by atoms with E-state index in [2.05, 4.69) is 11.4 Å². The van der Waals surface area contributed by atoms with Crippen LogP contribution in [0.3, 0.4) is 0 Å². The summed E-state index contributed by atoms with van der Waals surface area (Å²) in [6, 6.07) is 8.81. The number of ketones is 1. The van der Waals surface area contributed by atoms with E-state index in [4.69, 9.17) is 0 Å². The molecule has 31 heavy (non-hydrogen) atoms. The monoisotopic (exact) mass is 429 g/mol. The molecule has 3 fully saturated rings. The van der Waals surface area contributed by atoms with E-state index in [1.807, 2.05) is 0 Å². The molecule has 1 aromatic carbocycles. The Balaban J connectivity index is 1.45. The lowest BCUT2D eigenvalue weighted by molar-refractivity contribution is -0.124. The van der Waals surface area contributed by atoms with Crippen LogP contribution in [0, 0.1) is 22.2 Å². The van der Waals surface area contributed by atoms with Gasteiger partial charge in [0.2, 0.25) is 0 Å². The van der Waals surface area contributed by atoms with E-state index < -0.39 is 42.0 Å². The van der Waals surface area contributed by atoms with Crippen LogP contribution in [0.15, 0.2) is 30.3 Å². The van der Waals surface area contributed by atoms with Gasteiger partial charge in [0, 0.05) is 32.4 Å². The second-order valence-corrected chi connectivity index (χ2v) is 9.78. The molecule has 2 amide bonds. The maximum atomic E-state index is 14.9. The number of nitrogens with one attached hydrogen (secondary N) is 1. The maximum Gasteiger partial charge on any atom is 0.318 e. The first-order valence-corrected chi connectivity index (χ1v) is 11.2. The molecule has 2 saturated carbocycles. The van der Waals surface area contributed by atoms with Crippen LogP contribution in [-0.2, 0) is 11.2 Å². The Bertz CT molecular complexity index is 873. The zero-order valence-corrected chi connectivity index (χ0v) is 17.7. The van der Waals surface area contributed by atoms with Crippen molar-refractivity contribution in [2.45, 2.75) is 69.8 Å². The summed E-state index contributed by atoms with van der Waals surface area (Å²) in [6.45, 7) is 1.21. The lowest BCUT2D eigenvalue weighted by atomic mass is 9.92. The van der Waals surface area contributed by atoms with Crippen LogP contribution in [-0.4, -0.2) is 41.8 Å². The molecule has 1 saturated heterocycles. The SMILES string of the molecule is N#CC1(CC(=O)[C@H](CC(F)(F)Cc2ccccc2)NC(=O)N2CCCC3(CC3)C2)CC1. The molecule has 0 unspecified atom stereocenters. The Labute approximate surface area is 181 Å². The first-order valence-electron chi connectivity index (χ1n) is 11.2. The van der Waals surface area contributed by atoms with E-state index in [9.17, 15) is 23.6 Å². The van der Waals surface area contributed by atoms with Gasteiger partial charge in [-0.25, -0.2) is 13.6 Å². The van der Waals surface area contributed by atoms with Crippen molar-refractivity contribution in [2.75, 3.05) is 13.1 Å². The first kappa shape index (κ1) is 21.7. The molecule has 166 valence electrons.